The number of hydrogen-bond donors (Lipinski definition) is 2. The molecule has 0 unspecified atom stereocenters. The first-order valence-electron chi connectivity index (χ1n) is 7.10. The molecule has 0 saturated heterocycles. The predicted molar refractivity (Wildman–Crippen MR) is 91.6 cm³/mol. The van der Waals surface area contributed by atoms with E-state index in [0.717, 1.165) is 22.1 Å². The van der Waals surface area contributed by atoms with Crippen LogP contribution >= 0.6 is 15.9 Å². The second kappa shape index (κ2) is 6.20. The smallest absolute Gasteiger partial charge is 0.121 e. The van der Waals surface area contributed by atoms with Gasteiger partial charge in [0.25, 0.3) is 0 Å². The molecular weight excluding hydrogens is 326 g/mol. The Balaban J connectivity index is 2.13. The minimum Gasteiger partial charge on any atom is -0.507 e. The first kappa shape index (κ1) is 16.1. The molecule has 0 radical (unpaired) electrons. The average Bonchev–Trinajstić information content (AvgIpc) is 2.43. The van der Waals surface area contributed by atoms with Gasteiger partial charge in [-0.3, -0.25) is 0 Å². The van der Waals surface area contributed by atoms with E-state index in [-0.39, 0.29) is 5.54 Å². The van der Waals surface area contributed by atoms with Crippen LogP contribution in [-0.4, -0.2) is 5.11 Å². The van der Waals surface area contributed by atoms with Crippen molar-refractivity contribution in [3.8, 4) is 5.75 Å². The van der Waals surface area contributed by atoms with Crippen molar-refractivity contribution >= 4 is 15.9 Å². The van der Waals surface area contributed by atoms with Crippen LogP contribution in [0.25, 0.3) is 0 Å². The maximum atomic E-state index is 9.84. The zero-order chi connectivity index (χ0) is 15.6. The Hall–Kier alpha value is -1.32. The number of aryl methyl sites for hydroxylation is 2. The molecular formula is C18H22BrNO. The number of rotatable bonds is 4. The van der Waals surface area contributed by atoms with Gasteiger partial charge in [0.15, 0.2) is 0 Å². The topological polar surface area (TPSA) is 32.3 Å². The standard InChI is InChI=1S/C18H22BrNO/c1-12-9-14(10-13(2)17(12)21)11-20-18(3,4)15-5-7-16(19)8-6-15/h5-10,20-21H,11H2,1-4H3. The molecule has 0 aromatic heterocycles. The lowest BCUT2D eigenvalue weighted by Gasteiger charge is -2.27. The maximum absolute atomic E-state index is 9.84. The third-order valence-electron chi connectivity index (χ3n) is 3.85. The summed E-state index contributed by atoms with van der Waals surface area (Å²) in [6.45, 7) is 9.00. The third kappa shape index (κ3) is 3.86. The van der Waals surface area contributed by atoms with E-state index in [9.17, 15) is 5.11 Å². The molecule has 0 aliphatic carbocycles. The maximum Gasteiger partial charge on any atom is 0.121 e. The van der Waals surface area contributed by atoms with Gasteiger partial charge in [-0.25, -0.2) is 0 Å². The largest absolute Gasteiger partial charge is 0.507 e. The highest BCUT2D eigenvalue weighted by Crippen LogP contribution is 2.25. The van der Waals surface area contributed by atoms with E-state index in [2.05, 4.69) is 59.4 Å². The molecule has 0 heterocycles. The lowest BCUT2D eigenvalue weighted by molar-refractivity contribution is 0.400. The van der Waals surface area contributed by atoms with Crippen LogP contribution in [0.15, 0.2) is 40.9 Å². The number of halogens is 1. The SMILES string of the molecule is Cc1cc(CNC(C)(C)c2ccc(Br)cc2)cc(C)c1O. The molecule has 3 heteroatoms. The van der Waals surface area contributed by atoms with E-state index < -0.39 is 0 Å². The molecule has 2 rings (SSSR count). The summed E-state index contributed by atoms with van der Waals surface area (Å²) in [7, 11) is 0. The number of phenolic OH excluding ortho intramolecular Hbond substituents is 1. The number of phenols is 1. The van der Waals surface area contributed by atoms with Crippen LogP contribution in [0.1, 0.15) is 36.1 Å². The van der Waals surface area contributed by atoms with Crippen LogP contribution in [0.5, 0.6) is 5.75 Å². The quantitative estimate of drug-likeness (QED) is 0.832. The van der Waals surface area contributed by atoms with Crippen LogP contribution in [0, 0.1) is 13.8 Å². The zero-order valence-corrected chi connectivity index (χ0v) is 14.6. The molecule has 2 aromatic rings. The fourth-order valence-electron chi connectivity index (χ4n) is 2.44. The molecule has 2 nitrogen and oxygen atoms in total. The van der Waals surface area contributed by atoms with Crippen LogP contribution in [-0.2, 0) is 12.1 Å². The van der Waals surface area contributed by atoms with E-state index >= 15 is 0 Å². The Kier molecular flexibility index (Phi) is 4.74. The minimum absolute atomic E-state index is 0.111. The normalized spacial score (nSPS) is 11.7. The Morgan fingerprint density at radius 1 is 1.05 bits per heavy atom. The fourth-order valence-corrected chi connectivity index (χ4v) is 2.70. The first-order valence-corrected chi connectivity index (χ1v) is 7.89. The molecule has 0 spiro atoms. The van der Waals surface area contributed by atoms with E-state index in [0.29, 0.717) is 5.75 Å². The van der Waals surface area contributed by atoms with Crippen LogP contribution < -0.4 is 5.32 Å². The monoisotopic (exact) mass is 347 g/mol. The van der Waals surface area contributed by atoms with E-state index in [4.69, 9.17) is 0 Å². The van der Waals surface area contributed by atoms with Crippen molar-refractivity contribution in [2.45, 2.75) is 39.8 Å². The molecule has 0 aliphatic heterocycles. The molecule has 0 bridgehead atoms. The number of aromatic hydroxyl groups is 1. The van der Waals surface area contributed by atoms with Crippen molar-refractivity contribution in [3.05, 3.63) is 63.1 Å². The Morgan fingerprint density at radius 3 is 2.10 bits per heavy atom. The van der Waals surface area contributed by atoms with E-state index in [1.807, 2.05) is 26.0 Å². The summed E-state index contributed by atoms with van der Waals surface area (Å²) in [6.07, 6.45) is 0. The van der Waals surface area contributed by atoms with Gasteiger partial charge >= 0.3 is 0 Å². The number of hydrogen-bond acceptors (Lipinski definition) is 2. The summed E-state index contributed by atoms with van der Waals surface area (Å²) < 4.78 is 1.09. The summed E-state index contributed by atoms with van der Waals surface area (Å²) in [5.41, 5.74) is 4.17. The van der Waals surface area contributed by atoms with Gasteiger partial charge in [0.2, 0.25) is 0 Å². The highest BCUT2D eigenvalue weighted by atomic mass is 79.9. The summed E-state index contributed by atoms with van der Waals surface area (Å²) in [6, 6.07) is 12.5. The third-order valence-corrected chi connectivity index (χ3v) is 4.38. The van der Waals surface area contributed by atoms with Crippen LogP contribution in [0.3, 0.4) is 0 Å². The zero-order valence-electron chi connectivity index (χ0n) is 13.0. The van der Waals surface area contributed by atoms with Gasteiger partial charge in [-0.05, 0) is 62.1 Å². The molecule has 2 N–H and O–H groups in total. The van der Waals surface area contributed by atoms with Crippen molar-refractivity contribution in [3.63, 3.8) is 0 Å². The lowest BCUT2D eigenvalue weighted by Crippen LogP contribution is -2.35. The van der Waals surface area contributed by atoms with Crippen molar-refractivity contribution < 1.29 is 5.11 Å². The van der Waals surface area contributed by atoms with E-state index in [1.54, 1.807) is 0 Å². The molecule has 112 valence electrons. The number of nitrogens with one attached hydrogen (secondary N) is 1. The molecule has 0 atom stereocenters. The van der Waals surface area contributed by atoms with Gasteiger partial charge in [0, 0.05) is 16.6 Å². The van der Waals surface area contributed by atoms with Gasteiger partial charge in [0.05, 0.1) is 0 Å². The second-order valence-electron chi connectivity index (χ2n) is 6.06. The first-order chi connectivity index (χ1) is 9.79. The molecule has 0 amide bonds. The van der Waals surface area contributed by atoms with Crippen molar-refractivity contribution in [1.29, 1.82) is 0 Å². The van der Waals surface area contributed by atoms with Crippen molar-refractivity contribution in [2.75, 3.05) is 0 Å². The van der Waals surface area contributed by atoms with Crippen molar-refractivity contribution in [2.24, 2.45) is 0 Å². The van der Waals surface area contributed by atoms with Crippen LogP contribution in [0.4, 0.5) is 0 Å². The molecule has 0 aliphatic rings. The van der Waals surface area contributed by atoms with Gasteiger partial charge < -0.3 is 10.4 Å². The Labute approximate surface area is 135 Å². The number of benzene rings is 2. The Bertz CT molecular complexity index is 609. The summed E-state index contributed by atoms with van der Waals surface area (Å²) in [4.78, 5) is 0. The van der Waals surface area contributed by atoms with Gasteiger partial charge in [-0.15, -0.1) is 0 Å². The van der Waals surface area contributed by atoms with Gasteiger partial charge in [0.1, 0.15) is 5.75 Å². The summed E-state index contributed by atoms with van der Waals surface area (Å²) in [5, 5.41) is 13.4. The molecule has 2 aromatic carbocycles. The molecule has 0 fully saturated rings. The highest BCUT2D eigenvalue weighted by molar-refractivity contribution is 9.10. The Morgan fingerprint density at radius 2 is 1.57 bits per heavy atom. The summed E-state index contributed by atoms with van der Waals surface area (Å²) >= 11 is 3.47. The predicted octanol–water partition coefficient (Wildman–Crippen LogP) is 4.80. The fraction of sp³-hybridized carbons (Fsp3) is 0.333. The van der Waals surface area contributed by atoms with Gasteiger partial charge in [-0.1, -0.05) is 40.2 Å². The van der Waals surface area contributed by atoms with Crippen LogP contribution in [0.2, 0.25) is 0 Å². The highest BCUT2D eigenvalue weighted by Gasteiger charge is 2.19. The minimum atomic E-state index is -0.111. The lowest BCUT2D eigenvalue weighted by atomic mass is 9.94. The van der Waals surface area contributed by atoms with Gasteiger partial charge in [-0.2, -0.15) is 0 Å². The molecule has 21 heavy (non-hydrogen) atoms. The molecule has 0 saturated carbocycles. The second-order valence-corrected chi connectivity index (χ2v) is 6.98. The van der Waals surface area contributed by atoms with Crippen molar-refractivity contribution in [1.82, 2.24) is 5.32 Å². The van der Waals surface area contributed by atoms with E-state index in [1.165, 1.54) is 11.1 Å². The summed E-state index contributed by atoms with van der Waals surface area (Å²) in [5.74, 6) is 0.394. The average molecular weight is 348 g/mol.